The third-order valence-electron chi connectivity index (χ3n) is 2.92. The molecule has 0 rings (SSSR count). The van der Waals surface area contributed by atoms with Gasteiger partial charge in [-0.25, -0.2) is 0 Å². The second-order valence-electron chi connectivity index (χ2n) is 5.01. The fraction of sp³-hybridized carbons (Fsp3) is 0.692. The van der Waals surface area contributed by atoms with E-state index in [0.29, 0.717) is 13.0 Å². The van der Waals surface area contributed by atoms with Gasteiger partial charge in [-0.15, -0.1) is 0 Å². The summed E-state index contributed by atoms with van der Waals surface area (Å²) in [6.45, 7) is 1.13. The van der Waals surface area contributed by atoms with Gasteiger partial charge in [0.15, 0.2) is 0 Å². The van der Waals surface area contributed by atoms with E-state index in [1.807, 2.05) is 0 Å². The van der Waals surface area contributed by atoms with E-state index < -0.39 is 35.8 Å². The van der Waals surface area contributed by atoms with Crippen LogP contribution >= 0.6 is 0 Å². The molecule has 0 saturated carbocycles. The maximum Gasteiger partial charge on any atom is 0.325 e. The molecular formula is C13H25N5O5. The highest BCUT2D eigenvalue weighted by Gasteiger charge is 2.16. The van der Waals surface area contributed by atoms with Crippen molar-refractivity contribution in [1.29, 1.82) is 0 Å². The van der Waals surface area contributed by atoms with Gasteiger partial charge in [0, 0.05) is 0 Å². The van der Waals surface area contributed by atoms with Crippen LogP contribution in [0.4, 0.5) is 0 Å². The molecule has 10 nitrogen and oxygen atoms in total. The van der Waals surface area contributed by atoms with Crippen LogP contribution in [0.1, 0.15) is 26.2 Å². The molecule has 0 bridgehead atoms. The Morgan fingerprint density at radius 3 is 2.22 bits per heavy atom. The number of aliphatic carboxylic acids is 1. The highest BCUT2D eigenvalue weighted by molar-refractivity contribution is 5.90. The summed E-state index contributed by atoms with van der Waals surface area (Å²) < 4.78 is 0. The molecule has 0 saturated heterocycles. The number of carboxylic acids is 1. The van der Waals surface area contributed by atoms with Crippen molar-refractivity contribution in [3.63, 3.8) is 0 Å². The topological polar surface area (TPSA) is 177 Å². The molecule has 2 atom stereocenters. The lowest BCUT2D eigenvalue weighted by atomic mass is 10.1. The first-order chi connectivity index (χ1) is 10.8. The fourth-order valence-corrected chi connectivity index (χ4v) is 1.53. The summed E-state index contributed by atoms with van der Waals surface area (Å²) in [5, 5.41) is 15.4. The van der Waals surface area contributed by atoms with Crippen LogP contribution in [0.3, 0.4) is 0 Å². The lowest BCUT2D eigenvalue weighted by Crippen LogP contribution is -2.47. The second kappa shape index (κ2) is 11.4. The Kier molecular flexibility index (Phi) is 10.3. The van der Waals surface area contributed by atoms with Crippen LogP contribution in [0.15, 0.2) is 0 Å². The zero-order valence-electron chi connectivity index (χ0n) is 13.1. The van der Waals surface area contributed by atoms with E-state index in [4.69, 9.17) is 16.6 Å². The van der Waals surface area contributed by atoms with E-state index in [0.717, 1.165) is 12.8 Å². The van der Waals surface area contributed by atoms with E-state index in [-0.39, 0.29) is 13.1 Å². The quantitative estimate of drug-likeness (QED) is 0.222. The molecule has 0 heterocycles. The van der Waals surface area contributed by atoms with Crippen LogP contribution in [-0.4, -0.2) is 60.5 Å². The fourth-order valence-electron chi connectivity index (χ4n) is 1.53. The number of nitrogens with one attached hydrogen (secondary N) is 3. The number of carbonyl (C=O) groups is 4. The minimum Gasteiger partial charge on any atom is -0.480 e. The Balaban J connectivity index is 3.91. The lowest BCUT2D eigenvalue weighted by molar-refractivity contribution is -0.141. The Hall–Kier alpha value is -2.20. The first-order valence-corrected chi connectivity index (χ1v) is 7.30. The van der Waals surface area contributed by atoms with E-state index >= 15 is 0 Å². The highest BCUT2D eigenvalue weighted by atomic mass is 16.4. The lowest BCUT2D eigenvalue weighted by Gasteiger charge is -2.12. The third-order valence-corrected chi connectivity index (χ3v) is 2.92. The molecular weight excluding hydrogens is 306 g/mol. The van der Waals surface area contributed by atoms with Gasteiger partial charge in [0.1, 0.15) is 6.04 Å². The van der Waals surface area contributed by atoms with E-state index in [1.54, 1.807) is 0 Å². The van der Waals surface area contributed by atoms with Gasteiger partial charge in [-0.2, -0.15) is 0 Å². The minimum absolute atomic E-state index is 0.314. The molecule has 0 aromatic carbocycles. The molecule has 23 heavy (non-hydrogen) atoms. The number of carbonyl (C=O) groups excluding carboxylic acids is 3. The van der Waals surface area contributed by atoms with Gasteiger partial charge in [0.05, 0.1) is 19.1 Å². The molecule has 0 aromatic rings. The van der Waals surface area contributed by atoms with Crippen LogP contribution in [0.5, 0.6) is 0 Å². The SMILES string of the molecule is CC(NC(=O)CNC(=O)CNC(=O)C(N)CCCCN)C(=O)O. The molecule has 2 unspecified atom stereocenters. The van der Waals surface area contributed by atoms with Crippen molar-refractivity contribution in [2.45, 2.75) is 38.3 Å². The number of nitrogens with two attached hydrogens (primary N) is 2. The van der Waals surface area contributed by atoms with Crippen LogP contribution in [0.25, 0.3) is 0 Å². The Bertz CT molecular complexity index is 429. The molecule has 8 N–H and O–H groups in total. The number of carboxylic acid groups (broad SMARTS) is 1. The van der Waals surface area contributed by atoms with Crippen LogP contribution < -0.4 is 27.4 Å². The Morgan fingerprint density at radius 2 is 1.65 bits per heavy atom. The van der Waals surface area contributed by atoms with Gasteiger partial charge in [-0.1, -0.05) is 6.42 Å². The van der Waals surface area contributed by atoms with Crippen molar-refractivity contribution in [2.24, 2.45) is 11.5 Å². The summed E-state index contributed by atoms with van der Waals surface area (Å²) >= 11 is 0. The van der Waals surface area contributed by atoms with Gasteiger partial charge in [-0.05, 0) is 26.3 Å². The van der Waals surface area contributed by atoms with Crippen molar-refractivity contribution >= 4 is 23.7 Å². The molecule has 0 aliphatic heterocycles. The average Bonchev–Trinajstić information content (AvgIpc) is 2.50. The average molecular weight is 331 g/mol. The molecule has 132 valence electrons. The largest absolute Gasteiger partial charge is 0.480 e. The number of hydrogen-bond donors (Lipinski definition) is 6. The van der Waals surface area contributed by atoms with Crippen molar-refractivity contribution in [2.75, 3.05) is 19.6 Å². The predicted octanol–water partition coefficient (Wildman–Crippen LogP) is -2.74. The molecule has 3 amide bonds. The molecule has 0 spiro atoms. The number of hydrogen-bond acceptors (Lipinski definition) is 6. The molecule has 0 aliphatic carbocycles. The van der Waals surface area contributed by atoms with E-state index in [2.05, 4.69) is 16.0 Å². The first kappa shape index (κ1) is 20.8. The predicted molar refractivity (Wildman–Crippen MR) is 82.1 cm³/mol. The Morgan fingerprint density at radius 1 is 1.04 bits per heavy atom. The van der Waals surface area contributed by atoms with Gasteiger partial charge < -0.3 is 32.5 Å². The highest BCUT2D eigenvalue weighted by Crippen LogP contribution is 1.97. The van der Waals surface area contributed by atoms with Crippen LogP contribution in [0.2, 0.25) is 0 Å². The molecule has 0 aliphatic rings. The van der Waals surface area contributed by atoms with Crippen molar-refractivity contribution in [1.82, 2.24) is 16.0 Å². The standard InChI is InChI=1S/C13H25N5O5/c1-8(13(22)23)18-11(20)7-16-10(19)6-17-12(21)9(15)4-2-3-5-14/h8-9H,2-7,14-15H2,1H3,(H,16,19)(H,17,21)(H,18,20)(H,22,23). The summed E-state index contributed by atoms with van der Waals surface area (Å²) in [4.78, 5) is 45.0. The zero-order chi connectivity index (χ0) is 17.8. The second-order valence-corrected chi connectivity index (χ2v) is 5.01. The minimum atomic E-state index is -1.18. The molecule has 0 fully saturated rings. The van der Waals surface area contributed by atoms with Crippen LogP contribution in [-0.2, 0) is 19.2 Å². The van der Waals surface area contributed by atoms with Crippen LogP contribution in [0, 0.1) is 0 Å². The van der Waals surface area contributed by atoms with Gasteiger partial charge in [0.2, 0.25) is 17.7 Å². The molecule has 10 heteroatoms. The smallest absolute Gasteiger partial charge is 0.325 e. The zero-order valence-corrected chi connectivity index (χ0v) is 13.1. The molecule has 0 aromatic heterocycles. The Labute approximate surface area is 134 Å². The maximum atomic E-state index is 11.6. The van der Waals surface area contributed by atoms with E-state index in [9.17, 15) is 19.2 Å². The number of rotatable bonds is 11. The van der Waals surface area contributed by atoms with Gasteiger partial charge in [0.25, 0.3) is 0 Å². The maximum absolute atomic E-state index is 11.6. The number of amides is 3. The normalized spacial score (nSPS) is 12.8. The van der Waals surface area contributed by atoms with Crippen molar-refractivity contribution in [3.8, 4) is 0 Å². The molecule has 0 radical (unpaired) electrons. The van der Waals surface area contributed by atoms with Gasteiger partial charge >= 0.3 is 5.97 Å². The first-order valence-electron chi connectivity index (χ1n) is 7.30. The van der Waals surface area contributed by atoms with E-state index in [1.165, 1.54) is 6.92 Å². The summed E-state index contributed by atoms with van der Waals surface area (Å²) in [5.41, 5.74) is 11.0. The van der Waals surface area contributed by atoms with Gasteiger partial charge in [-0.3, -0.25) is 19.2 Å². The summed E-state index contributed by atoms with van der Waals surface area (Å²) in [5.74, 6) is -2.86. The monoisotopic (exact) mass is 331 g/mol. The summed E-state index contributed by atoms with van der Waals surface area (Å²) in [7, 11) is 0. The summed E-state index contributed by atoms with van der Waals surface area (Å²) in [6, 6.07) is -1.76. The number of unbranched alkanes of at least 4 members (excludes halogenated alkanes) is 1. The third kappa shape index (κ3) is 10.2. The van der Waals surface area contributed by atoms with Crippen molar-refractivity contribution in [3.05, 3.63) is 0 Å². The summed E-state index contributed by atoms with van der Waals surface area (Å²) in [6.07, 6.45) is 1.96. The van der Waals surface area contributed by atoms with Crippen molar-refractivity contribution < 1.29 is 24.3 Å².